The van der Waals surface area contributed by atoms with Crippen LogP contribution in [0.15, 0.2) is 48.5 Å². The molecular formula is C17H20N4O2. The Balaban J connectivity index is 2.23. The van der Waals surface area contributed by atoms with Crippen LogP contribution >= 0.6 is 0 Å². The number of primary amides is 2. The lowest BCUT2D eigenvalue weighted by molar-refractivity contribution is 0.258. The van der Waals surface area contributed by atoms with E-state index < -0.39 is 12.1 Å². The van der Waals surface area contributed by atoms with Crippen LogP contribution in [0.4, 0.5) is 21.0 Å². The molecule has 0 aromatic heterocycles. The summed E-state index contributed by atoms with van der Waals surface area (Å²) in [5.41, 5.74) is 13.4. The van der Waals surface area contributed by atoms with Gasteiger partial charge in [-0.15, -0.1) is 0 Å². The van der Waals surface area contributed by atoms with Crippen LogP contribution in [-0.4, -0.2) is 12.1 Å². The number of carbonyl (C=O) groups excluding carboxylic acids is 2. The van der Waals surface area contributed by atoms with E-state index in [2.05, 4.69) is 24.5 Å². The monoisotopic (exact) mass is 312 g/mol. The van der Waals surface area contributed by atoms with Crippen molar-refractivity contribution >= 4 is 23.4 Å². The van der Waals surface area contributed by atoms with E-state index >= 15 is 0 Å². The van der Waals surface area contributed by atoms with Gasteiger partial charge in [0.25, 0.3) is 0 Å². The molecule has 0 aliphatic heterocycles. The summed E-state index contributed by atoms with van der Waals surface area (Å²) < 4.78 is 0. The minimum atomic E-state index is -0.588. The molecule has 120 valence electrons. The summed E-state index contributed by atoms with van der Waals surface area (Å²) in [4.78, 5) is 21.7. The summed E-state index contributed by atoms with van der Waals surface area (Å²) in [6.07, 6.45) is 0. The third-order valence-corrected chi connectivity index (χ3v) is 3.75. The summed E-state index contributed by atoms with van der Waals surface area (Å²) in [6, 6.07) is 13.8. The molecule has 0 unspecified atom stereocenters. The van der Waals surface area contributed by atoms with Crippen molar-refractivity contribution in [3.63, 3.8) is 0 Å². The Morgan fingerprint density at radius 1 is 0.739 bits per heavy atom. The van der Waals surface area contributed by atoms with Gasteiger partial charge in [0.1, 0.15) is 0 Å². The highest BCUT2D eigenvalue weighted by Crippen LogP contribution is 2.32. The molecule has 0 fully saturated rings. The van der Waals surface area contributed by atoms with Gasteiger partial charge in [-0.3, -0.25) is 0 Å². The zero-order chi connectivity index (χ0) is 17.0. The zero-order valence-electron chi connectivity index (χ0n) is 13.1. The number of benzene rings is 2. The van der Waals surface area contributed by atoms with Gasteiger partial charge in [0.15, 0.2) is 0 Å². The smallest absolute Gasteiger partial charge is 0.316 e. The van der Waals surface area contributed by atoms with Crippen LogP contribution < -0.4 is 22.1 Å². The van der Waals surface area contributed by atoms with Crippen LogP contribution in [-0.2, 0) is 5.41 Å². The molecule has 2 aromatic carbocycles. The molecule has 2 aromatic rings. The largest absolute Gasteiger partial charge is 0.351 e. The van der Waals surface area contributed by atoms with E-state index in [4.69, 9.17) is 11.5 Å². The van der Waals surface area contributed by atoms with Crippen LogP contribution in [0.25, 0.3) is 0 Å². The summed E-state index contributed by atoms with van der Waals surface area (Å²) >= 11 is 0. The van der Waals surface area contributed by atoms with Crippen molar-refractivity contribution in [3.8, 4) is 0 Å². The van der Waals surface area contributed by atoms with E-state index in [1.54, 1.807) is 0 Å². The lowest BCUT2D eigenvalue weighted by atomic mass is 9.78. The number of nitrogens with one attached hydrogen (secondary N) is 2. The Kier molecular flexibility index (Phi) is 4.55. The predicted molar refractivity (Wildman–Crippen MR) is 91.4 cm³/mol. The summed E-state index contributed by atoms with van der Waals surface area (Å²) in [6.45, 7) is 4.19. The Morgan fingerprint density at radius 3 is 1.30 bits per heavy atom. The molecule has 2 rings (SSSR count). The van der Waals surface area contributed by atoms with Crippen molar-refractivity contribution in [2.45, 2.75) is 19.3 Å². The molecule has 0 radical (unpaired) electrons. The molecule has 23 heavy (non-hydrogen) atoms. The first kappa shape index (κ1) is 16.4. The second-order valence-electron chi connectivity index (χ2n) is 5.76. The van der Waals surface area contributed by atoms with Crippen molar-refractivity contribution in [1.29, 1.82) is 0 Å². The maximum Gasteiger partial charge on any atom is 0.316 e. The number of nitrogens with two attached hydrogens (primary N) is 2. The Morgan fingerprint density at radius 2 is 1.04 bits per heavy atom. The van der Waals surface area contributed by atoms with Gasteiger partial charge in [0.2, 0.25) is 0 Å². The maximum atomic E-state index is 10.9. The minimum absolute atomic E-state index is 0.240. The van der Waals surface area contributed by atoms with Gasteiger partial charge in [-0.05, 0) is 35.4 Å². The molecule has 6 heteroatoms. The highest BCUT2D eigenvalue weighted by Gasteiger charge is 2.23. The van der Waals surface area contributed by atoms with Gasteiger partial charge in [-0.1, -0.05) is 38.1 Å². The second-order valence-corrected chi connectivity index (χ2v) is 5.76. The molecular weight excluding hydrogens is 292 g/mol. The summed E-state index contributed by atoms with van der Waals surface area (Å²) in [7, 11) is 0. The van der Waals surface area contributed by atoms with Crippen molar-refractivity contribution in [2.75, 3.05) is 10.6 Å². The van der Waals surface area contributed by atoms with Crippen LogP contribution in [0.2, 0.25) is 0 Å². The third-order valence-electron chi connectivity index (χ3n) is 3.75. The van der Waals surface area contributed by atoms with Crippen molar-refractivity contribution in [3.05, 3.63) is 59.7 Å². The third kappa shape index (κ3) is 4.00. The van der Waals surface area contributed by atoms with Crippen molar-refractivity contribution in [2.24, 2.45) is 11.5 Å². The fourth-order valence-electron chi connectivity index (χ4n) is 2.39. The predicted octanol–water partition coefficient (Wildman–Crippen LogP) is 2.99. The fraction of sp³-hybridized carbons (Fsp3) is 0.176. The van der Waals surface area contributed by atoms with Gasteiger partial charge in [-0.2, -0.15) is 0 Å². The zero-order valence-corrected chi connectivity index (χ0v) is 13.1. The van der Waals surface area contributed by atoms with Crippen molar-refractivity contribution < 1.29 is 9.59 Å². The van der Waals surface area contributed by atoms with E-state index in [1.165, 1.54) is 0 Å². The first-order valence-corrected chi connectivity index (χ1v) is 7.13. The molecule has 0 saturated heterocycles. The van der Waals surface area contributed by atoms with E-state index in [-0.39, 0.29) is 5.41 Å². The Bertz CT molecular complexity index is 645. The number of amides is 4. The maximum absolute atomic E-state index is 10.9. The number of anilines is 2. The van der Waals surface area contributed by atoms with Gasteiger partial charge in [-0.25, -0.2) is 9.59 Å². The molecule has 0 aliphatic rings. The normalized spacial score (nSPS) is 10.9. The van der Waals surface area contributed by atoms with E-state index in [9.17, 15) is 9.59 Å². The minimum Gasteiger partial charge on any atom is -0.351 e. The first-order chi connectivity index (χ1) is 10.8. The topological polar surface area (TPSA) is 110 Å². The number of hydrogen-bond acceptors (Lipinski definition) is 2. The first-order valence-electron chi connectivity index (χ1n) is 7.13. The molecule has 0 atom stereocenters. The van der Waals surface area contributed by atoms with Crippen LogP contribution in [0.5, 0.6) is 0 Å². The van der Waals surface area contributed by atoms with Crippen LogP contribution in [0.1, 0.15) is 25.0 Å². The van der Waals surface area contributed by atoms with Crippen LogP contribution in [0.3, 0.4) is 0 Å². The Labute approximate surface area is 134 Å². The molecule has 0 aliphatic carbocycles. The van der Waals surface area contributed by atoms with Crippen molar-refractivity contribution in [1.82, 2.24) is 0 Å². The number of rotatable bonds is 4. The van der Waals surface area contributed by atoms with Gasteiger partial charge < -0.3 is 22.1 Å². The fourth-order valence-corrected chi connectivity index (χ4v) is 2.39. The molecule has 0 spiro atoms. The van der Waals surface area contributed by atoms with Gasteiger partial charge >= 0.3 is 12.1 Å². The lowest BCUT2D eigenvalue weighted by Crippen LogP contribution is -2.21. The molecule has 0 bridgehead atoms. The average Bonchev–Trinajstić information content (AvgIpc) is 2.47. The lowest BCUT2D eigenvalue weighted by Gasteiger charge is -2.26. The van der Waals surface area contributed by atoms with Crippen LogP contribution in [0, 0.1) is 0 Å². The second kappa shape index (κ2) is 6.39. The average molecular weight is 312 g/mol. The quantitative estimate of drug-likeness (QED) is 0.696. The molecule has 0 heterocycles. The van der Waals surface area contributed by atoms with Gasteiger partial charge in [0, 0.05) is 16.8 Å². The molecule has 6 N–H and O–H groups in total. The standard InChI is InChI=1S/C17H20N4O2/c1-17(2,11-3-7-13(8-4-11)20-15(18)22)12-5-9-14(10-6-12)21-16(19)23/h3-10H,1-2H3,(H3,18,20,22)(H3,19,21,23). The van der Waals surface area contributed by atoms with E-state index in [0.717, 1.165) is 11.1 Å². The highest BCUT2D eigenvalue weighted by molar-refractivity contribution is 5.88. The Hall–Kier alpha value is -3.02. The summed E-state index contributed by atoms with van der Waals surface area (Å²) in [5.74, 6) is 0. The van der Waals surface area contributed by atoms with Gasteiger partial charge in [0.05, 0.1) is 0 Å². The molecule has 6 nitrogen and oxygen atoms in total. The van der Waals surface area contributed by atoms with E-state index in [1.807, 2.05) is 48.5 Å². The number of urea groups is 2. The SMILES string of the molecule is CC(C)(c1ccc(NC(N)=O)cc1)c1ccc(NC(N)=O)cc1. The highest BCUT2D eigenvalue weighted by atomic mass is 16.2. The number of carbonyl (C=O) groups is 2. The molecule has 4 amide bonds. The van der Waals surface area contributed by atoms with E-state index in [0.29, 0.717) is 11.4 Å². The summed E-state index contributed by atoms with van der Waals surface area (Å²) in [5, 5.41) is 5.07. The molecule has 0 saturated carbocycles. The number of hydrogen-bond donors (Lipinski definition) is 4.